The van der Waals surface area contributed by atoms with Crippen molar-refractivity contribution in [3.05, 3.63) is 93.2 Å². The first-order valence-corrected chi connectivity index (χ1v) is 8.23. The Balaban J connectivity index is 1.78. The van der Waals surface area contributed by atoms with Gasteiger partial charge in [0.15, 0.2) is 5.69 Å². The highest BCUT2D eigenvalue weighted by atomic mass is 16.3. The second-order valence-corrected chi connectivity index (χ2v) is 6.04. The van der Waals surface area contributed by atoms with Gasteiger partial charge in [-0.25, -0.2) is 4.98 Å². The Morgan fingerprint density at radius 1 is 1.08 bits per heavy atom. The van der Waals surface area contributed by atoms with E-state index < -0.39 is 17.2 Å². The summed E-state index contributed by atoms with van der Waals surface area (Å²) in [4.78, 5) is 31.0. The van der Waals surface area contributed by atoms with Crippen molar-refractivity contribution in [1.82, 2.24) is 15.3 Å². The van der Waals surface area contributed by atoms with Gasteiger partial charge in [-0.2, -0.15) is 0 Å². The van der Waals surface area contributed by atoms with Crippen molar-refractivity contribution < 1.29 is 9.90 Å². The monoisotopic (exact) mass is 349 g/mol. The largest absolute Gasteiger partial charge is 0.501 e. The Morgan fingerprint density at radius 3 is 2.46 bits per heavy atom. The maximum atomic E-state index is 12.4. The minimum Gasteiger partial charge on any atom is -0.501 e. The number of benzene rings is 2. The van der Waals surface area contributed by atoms with E-state index in [1.807, 2.05) is 61.5 Å². The Hall–Kier alpha value is -3.41. The summed E-state index contributed by atoms with van der Waals surface area (Å²) in [6, 6.07) is 17.1. The van der Waals surface area contributed by atoms with Crippen LogP contribution in [0.4, 0.5) is 0 Å². The third kappa shape index (κ3) is 4.16. The predicted molar refractivity (Wildman–Crippen MR) is 98.1 cm³/mol. The third-order valence-corrected chi connectivity index (χ3v) is 3.95. The van der Waals surface area contributed by atoms with Crippen molar-refractivity contribution in [2.45, 2.75) is 19.9 Å². The molecule has 0 saturated carbocycles. The molecule has 1 aromatic heterocycles. The maximum absolute atomic E-state index is 12.4. The van der Waals surface area contributed by atoms with E-state index >= 15 is 0 Å². The van der Waals surface area contributed by atoms with E-state index in [1.54, 1.807) is 0 Å². The Morgan fingerprint density at radius 2 is 1.77 bits per heavy atom. The quantitative estimate of drug-likeness (QED) is 0.659. The fourth-order valence-corrected chi connectivity index (χ4v) is 2.52. The molecule has 6 heteroatoms. The number of hydrogen-bond acceptors (Lipinski definition) is 4. The molecule has 0 unspecified atom stereocenters. The number of nitrogens with zero attached hydrogens (tertiary/aromatic N) is 1. The number of carbonyl (C=O) groups is 1. The number of aromatic nitrogens is 2. The fraction of sp³-hybridized carbons (Fsp3) is 0.150. The first-order chi connectivity index (χ1) is 12.5. The van der Waals surface area contributed by atoms with E-state index in [4.69, 9.17) is 0 Å². The first-order valence-electron chi connectivity index (χ1n) is 8.23. The molecule has 3 rings (SSSR count). The molecule has 1 amide bonds. The number of carbonyl (C=O) groups excluding carboxylic acids is 1. The van der Waals surface area contributed by atoms with Crippen LogP contribution < -0.4 is 10.9 Å². The minimum atomic E-state index is -0.730. The fourth-order valence-electron chi connectivity index (χ4n) is 2.52. The molecule has 0 aliphatic rings. The molecule has 3 N–H and O–H groups in total. The van der Waals surface area contributed by atoms with Gasteiger partial charge >= 0.3 is 0 Å². The molecule has 0 spiro atoms. The zero-order chi connectivity index (χ0) is 18.5. The normalized spacial score (nSPS) is 10.5. The Bertz CT molecular complexity index is 964. The minimum absolute atomic E-state index is 0.271. The highest BCUT2D eigenvalue weighted by molar-refractivity contribution is 5.94. The summed E-state index contributed by atoms with van der Waals surface area (Å²) in [7, 11) is 0. The van der Waals surface area contributed by atoms with Gasteiger partial charge in [-0.1, -0.05) is 60.2 Å². The van der Waals surface area contributed by atoms with E-state index in [0.29, 0.717) is 12.2 Å². The number of amides is 1. The number of rotatable bonds is 5. The maximum Gasteiger partial charge on any atom is 0.293 e. The van der Waals surface area contributed by atoms with Crippen LogP contribution in [0.2, 0.25) is 0 Å². The van der Waals surface area contributed by atoms with Crippen molar-refractivity contribution >= 4 is 5.91 Å². The zero-order valence-electron chi connectivity index (χ0n) is 14.3. The molecule has 132 valence electrons. The van der Waals surface area contributed by atoms with E-state index in [9.17, 15) is 14.7 Å². The first kappa shape index (κ1) is 17.4. The average Bonchev–Trinajstić information content (AvgIpc) is 2.64. The summed E-state index contributed by atoms with van der Waals surface area (Å²) >= 11 is 0. The second kappa shape index (κ2) is 7.65. The molecule has 0 aliphatic carbocycles. The van der Waals surface area contributed by atoms with Crippen molar-refractivity contribution in [3.63, 3.8) is 0 Å². The summed E-state index contributed by atoms with van der Waals surface area (Å²) in [6.45, 7) is 2.26. The topological polar surface area (TPSA) is 95.1 Å². The third-order valence-electron chi connectivity index (χ3n) is 3.95. The van der Waals surface area contributed by atoms with Gasteiger partial charge in [0.25, 0.3) is 11.5 Å². The lowest BCUT2D eigenvalue weighted by molar-refractivity contribution is 0.0942. The molecular weight excluding hydrogens is 330 g/mol. The van der Waals surface area contributed by atoms with Gasteiger partial charge in [-0.05, 0) is 18.1 Å². The van der Waals surface area contributed by atoms with Gasteiger partial charge in [0.2, 0.25) is 5.75 Å². The van der Waals surface area contributed by atoms with Crippen LogP contribution in [0.15, 0.2) is 59.4 Å². The smallest absolute Gasteiger partial charge is 0.293 e. The number of hydrogen-bond donors (Lipinski definition) is 3. The standard InChI is InChI=1S/C20H19N3O3/c1-13-7-9-15(10-8-13)12-21-19(25)17-18(24)20(26)23-16(22-17)11-14-5-3-2-4-6-14/h2-10,24H,11-12H2,1H3,(H,21,25)(H,22,23,26). The van der Waals surface area contributed by atoms with Crippen LogP contribution in [-0.4, -0.2) is 21.0 Å². The highest BCUT2D eigenvalue weighted by Gasteiger charge is 2.17. The number of H-pyrrole nitrogens is 1. The van der Waals surface area contributed by atoms with E-state index in [1.165, 1.54) is 0 Å². The van der Waals surface area contributed by atoms with Crippen LogP contribution in [0, 0.1) is 6.92 Å². The average molecular weight is 349 g/mol. The van der Waals surface area contributed by atoms with Gasteiger partial charge in [-0.3, -0.25) is 9.59 Å². The molecule has 0 radical (unpaired) electrons. The van der Waals surface area contributed by atoms with E-state index in [-0.39, 0.29) is 12.2 Å². The van der Waals surface area contributed by atoms with Gasteiger partial charge in [0, 0.05) is 13.0 Å². The van der Waals surface area contributed by atoms with Crippen molar-refractivity contribution in [2.24, 2.45) is 0 Å². The Kier molecular flexibility index (Phi) is 5.12. The summed E-state index contributed by atoms with van der Waals surface area (Å²) in [5, 5.41) is 12.6. The summed E-state index contributed by atoms with van der Waals surface area (Å²) in [6.07, 6.45) is 0.356. The molecule has 3 aromatic rings. The molecule has 0 saturated heterocycles. The number of nitrogens with one attached hydrogen (secondary N) is 2. The SMILES string of the molecule is Cc1ccc(CNC(=O)c2nc(Cc3ccccc3)[nH]c(=O)c2O)cc1. The van der Waals surface area contributed by atoms with Crippen LogP contribution in [0.25, 0.3) is 0 Å². The van der Waals surface area contributed by atoms with Crippen LogP contribution in [-0.2, 0) is 13.0 Å². The summed E-state index contributed by atoms with van der Waals surface area (Å²) < 4.78 is 0. The molecule has 0 fully saturated rings. The van der Waals surface area contributed by atoms with Crippen LogP contribution >= 0.6 is 0 Å². The number of aromatic amines is 1. The molecule has 0 aliphatic heterocycles. The van der Waals surface area contributed by atoms with Crippen LogP contribution in [0.5, 0.6) is 5.75 Å². The molecule has 1 heterocycles. The molecule has 2 aromatic carbocycles. The van der Waals surface area contributed by atoms with E-state index in [0.717, 1.165) is 16.7 Å². The van der Waals surface area contributed by atoms with Crippen LogP contribution in [0.1, 0.15) is 33.0 Å². The van der Waals surface area contributed by atoms with Gasteiger partial charge < -0.3 is 15.4 Å². The van der Waals surface area contributed by atoms with Crippen molar-refractivity contribution in [2.75, 3.05) is 0 Å². The molecule has 0 bridgehead atoms. The Labute approximate surface area is 150 Å². The highest BCUT2D eigenvalue weighted by Crippen LogP contribution is 2.11. The van der Waals surface area contributed by atoms with Gasteiger partial charge in [0.05, 0.1) is 0 Å². The lowest BCUT2D eigenvalue weighted by atomic mass is 10.1. The predicted octanol–water partition coefficient (Wildman–Crippen LogP) is 2.30. The summed E-state index contributed by atoms with van der Waals surface area (Å²) in [5.41, 5.74) is 1.97. The number of aryl methyl sites for hydroxylation is 1. The second-order valence-electron chi connectivity index (χ2n) is 6.04. The lowest BCUT2D eigenvalue weighted by Gasteiger charge is -2.08. The van der Waals surface area contributed by atoms with Crippen LogP contribution in [0.3, 0.4) is 0 Å². The van der Waals surface area contributed by atoms with Gasteiger partial charge in [0.1, 0.15) is 5.82 Å². The zero-order valence-corrected chi connectivity index (χ0v) is 14.3. The molecule has 26 heavy (non-hydrogen) atoms. The lowest BCUT2D eigenvalue weighted by Crippen LogP contribution is -2.27. The molecule has 0 atom stereocenters. The van der Waals surface area contributed by atoms with Crippen molar-refractivity contribution in [3.8, 4) is 5.75 Å². The number of aromatic hydroxyl groups is 1. The van der Waals surface area contributed by atoms with E-state index in [2.05, 4.69) is 15.3 Å². The molecular formula is C20H19N3O3. The summed E-state index contributed by atoms with van der Waals surface area (Å²) in [5.74, 6) is -0.953. The van der Waals surface area contributed by atoms with Crippen molar-refractivity contribution in [1.29, 1.82) is 0 Å². The molecule has 6 nitrogen and oxygen atoms in total. The van der Waals surface area contributed by atoms with Gasteiger partial charge in [-0.15, -0.1) is 0 Å².